The molecule has 3 aromatic rings. The molecule has 0 amide bonds. The van der Waals surface area contributed by atoms with Crippen LogP contribution in [0.2, 0.25) is 10.2 Å². The normalized spacial score (nSPS) is 13.2. The van der Waals surface area contributed by atoms with E-state index in [0.29, 0.717) is 22.9 Å². The van der Waals surface area contributed by atoms with Crippen LogP contribution >= 0.6 is 23.2 Å². The highest BCUT2D eigenvalue weighted by Crippen LogP contribution is 2.37. The van der Waals surface area contributed by atoms with Gasteiger partial charge in [0.25, 0.3) is 0 Å². The van der Waals surface area contributed by atoms with Gasteiger partial charge in [-0.2, -0.15) is 0 Å². The van der Waals surface area contributed by atoms with Gasteiger partial charge in [0.05, 0.1) is 5.02 Å². The van der Waals surface area contributed by atoms with Crippen molar-refractivity contribution in [3.05, 3.63) is 87.9 Å². The Kier molecular flexibility index (Phi) is 6.89. The van der Waals surface area contributed by atoms with Crippen molar-refractivity contribution in [3.8, 4) is 11.5 Å². The first kappa shape index (κ1) is 20.6. The van der Waals surface area contributed by atoms with Crippen molar-refractivity contribution in [2.45, 2.75) is 32.4 Å². The summed E-state index contributed by atoms with van der Waals surface area (Å²) in [5.74, 6) is 0.0786. The minimum atomic E-state index is -0.472. The van der Waals surface area contributed by atoms with Crippen LogP contribution in [-0.4, -0.2) is 4.98 Å². The topological polar surface area (TPSA) is 34.2 Å². The Morgan fingerprint density at radius 1 is 1.04 bits per heavy atom. The molecule has 0 unspecified atom stereocenters. The molecule has 1 heterocycles. The summed E-state index contributed by atoms with van der Waals surface area (Å²) in [6.07, 6.45) is 2.31. The molecular formula is C22H21Cl2FN2O. The van der Waals surface area contributed by atoms with E-state index in [4.69, 9.17) is 27.9 Å². The van der Waals surface area contributed by atoms with E-state index < -0.39 is 5.82 Å². The molecule has 0 spiro atoms. The van der Waals surface area contributed by atoms with Gasteiger partial charge in [0.15, 0.2) is 11.6 Å². The highest BCUT2D eigenvalue weighted by atomic mass is 35.5. The lowest BCUT2D eigenvalue weighted by molar-refractivity contribution is 0.410. The summed E-state index contributed by atoms with van der Waals surface area (Å²) >= 11 is 12.4. The summed E-state index contributed by atoms with van der Waals surface area (Å²) in [5.41, 5.74) is 1.35. The van der Waals surface area contributed by atoms with Gasteiger partial charge in [0.2, 0.25) is 0 Å². The fraction of sp³-hybridized carbons (Fsp3) is 0.227. The summed E-state index contributed by atoms with van der Waals surface area (Å²) in [6, 6.07) is 15.7. The number of rotatable bonds is 7. The quantitative estimate of drug-likeness (QED) is 0.414. The molecular weight excluding hydrogens is 398 g/mol. The average Bonchev–Trinajstić information content (AvgIpc) is 2.71. The second-order valence-corrected chi connectivity index (χ2v) is 7.19. The first-order chi connectivity index (χ1) is 13.5. The molecule has 0 fully saturated rings. The van der Waals surface area contributed by atoms with Gasteiger partial charge in [-0.05, 0) is 37.6 Å². The van der Waals surface area contributed by atoms with Crippen molar-refractivity contribution >= 4 is 23.2 Å². The van der Waals surface area contributed by atoms with E-state index in [2.05, 4.69) is 10.3 Å². The number of ether oxygens (including phenoxy) is 1. The van der Waals surface area contributed by atoms with Crippen LogP contribution in [0.25, 0.3) is 0 Å². The standard InChI is InChI=1S/C22H21Cl2FN2O/c1-3-19(27-14(2)16-10-7-13-26-22(16)24)17-11-12-18(23)21(20(17)25)28-15-8-5-4-6-9-15/h4-14,19,27H,3H2,1-2H3/t14-,19+/m0/s1. The molecule has 1 aromatic heterocycles. The number of nitrogens with one attached hydrogen (secondary N) is 1. The molecule has 0 saturated carbocycles. The SMILES string of the molecule is CC[C@@H](N[C@@H](C)c1cccnc1Cl)c1ccc(Cl)c(Oc2ccccc2)c1F. The van der Waals surface area contributed by atoms with E-state index >= 15 is 4.39 Å². The van der Waals surface area contributed by atoms with Crippen LogP contribution in [0.15, 0.2) is 60.8 Å². The van der Waals surface area contributed by atoms with Gasteiger partial charge in [0, 0.05) is 29.4 Å². The molecule has 0 saturated heterocycles. The second kappa shape index (κ2) is 9.37. The van der Waals surface area contributed by atoms with E-state index in [1.165, 1.54) is 0 Å². The van der Waals surface area contributed by atoms with E-state index in [-0.39, 0.29) is 22.9 Å². The zero-order valence-electron chi connectivity index (χ0n) is 15.6. The zero-order valence-corrected chi connectivity index (χ0v) is 17.1. The van der Waals surface area contributed by atoms with Crippen molar-refractivity contribution in [3.63, 3.8) is 0 Å². The van der Waals surface area contributed by atoms with Crippen molar-refractivity contribution < 1.29 is 9.13 Å². The minimum absolute atomic E-state index is 0.0256. The highest BCUT2D eigenvalue weighted by molar-refractivity contribution is 6.32. The van der Waals surface area contributed by atoms with Crippen LogP contribution in [0.5, 0.6) is 11.5 Å². The number of para-hydroxylation sites is 1. The predicted octanol–water partition coefficient (Wildman–Crippen LogP) is 7.12. The number of halogens is 3. The van der Waals surface area contributed by atoms with Crippen molar-refractivity contribution in [2.24, 2.45) is 0 Å². The summed E-state index contributed by atoms with van der Waals surface area (Å²) < 4.78 is 21.0. The molecule has 0 radical (unpaired) electrons. The lowest BCUT2D eigenvalue weighted by Crippen LogP contribution is -2.25. The summed E-state index contributed by atoms with van der Waals surface area (Å²) in [4.78, 5) is 4.11. The Morgan fingerprint density at radius 2 is 1.79 bits per heavy atom. The zero-order chi connectivity index (χ0) is 20.1. The van der Waals surface area contributed by atoms with Crippen LogP contribution in [-0.2, 0) is 0 Å². The summed E-state index contributed by atoms with van der Waals surface area (Å²) in [5, 5.41) is 4.09. The number of hydrogen-bond donors (Lipinski definition) is 1. The van der Waals surface area contributed by atoms with Crippen LogP contribution in [0.1, 0.15) is 43.5 Å². The predicted molar refractivity (Wildman–Crippen MR) is 112 cm³/mol. The lowest BCUT2D eigenvalue weighted by atomic mass is 10.0. The van der Waals surface area contributed by atoms with Gasteiger partial charge in [-0.15, -0.1) is 0 Å². The van der Waals surface area contributed by atoms with Crippen molar-refractivity contribution in [1.29, 1.82) is 0 Å². The smallest absolute Gasteiger partial charge is 0.181 e. The maximum absolute atomic E-state index is 15.3. The maximum atomic E-state index is 15.3. The van der Waals surface area contributed by atoms with E-state index in [0.717, 1.165) is 5.56 Å². The molecule has 3 nitrogen and oxygen atoms in total. The fourth-order valence-corrected chi connectivity index (χ4v) is 3.52. The molecule has 6 heteroatoms. The molecule has 0 aliphatic carbocycles. The molecule has 0 aliphatic heterocycles. The van der Waals surface area contributed by atoms with Gasteiger partial charge in [-0.3, -0.25) is 0 Å². The van der Waals surface area contributed by atoms with E-state index in [1.807, 2.05) is 44.2 Å². The largest absolute Gasteiger partial charge is 0.453 e. The molecule has 0 aliphatic rings. The third-order valence-corrected chi connectivity index (χ3v) is 5.14. The first-order valence-corrected chi connectivity index (χ1v) is 9.84. The van der Waals surface area contributed by atoms with Crippen molar-refractivity contribution in [2.75, 3.05) is 0 Å². The van der Waals surface area contributed by atoms with E-state index in [9.17, 15) is 0 Å². The van der Waals surface area contributed by atoms with Crippen LogP contribution < -0.4 is 10.1 Å². The van der Waals surface area contributed by atoms with Gasteiger partial charge in [0.1, 0.15) is 10.9 Å². The number of hydrogen-bond acceptors (Lipinski definition) is 3. The van der Waals surface area contributed by atoms with Crippen LogP contribution in [0, 0.1) is 5.82 Å². The first-order valence-electron chi connectivity index (χ1n) is 9.08. The molecule has 2 aromatic carbocycles. The Labute approximate surface area is 174 Å². The van der Waals surface area contributed by atoms with Gasteiger partial charge in [-0.25, -0.2) is 9.37 Å². The third kappa shape index (κ3) is 4.64. The maximum Gasteiger partial charge on any atom is 0.181 e. The molecule has 0 bridgehead atoms. The molecule has 1 N–H and O–H groups in total. The molecule has 2 atom stereocenters. The summed E-state index contributed by atoms with van der Waals surface area (Å²) in [6.45, 7) is 3.96. The number of aromatic nitrogens is 1. The molecule has 3 rings (SSSR count). The Balaban J connectivity index is 1.88. The summed E-state index contributed by atoms with van der Waals surface area (Å²) in [7, 11) is 0. The lowest BCUT2D eigenvalue weighted by Gasteiger charge is -2.24. The Bertz CT molecular complexity index is 937. The monoisotopic (exact) mass is 418 g/mol. The number of nitrogens with zero attached hydrogens (tertiary/aromatic N) is 1. The Morgan fingerprint density at radius 3 is 2.46 bits per heavy atom. The van der Waals surface area contributed by atoms with Gasteiger partial charge < -0.3 is 10.1 Å². The Hall–Kier alpha value is -2.14. The minimum Gasteiger partial charge on any atom is -0.453 e. The third-order valence-electron chi connectivity index (χ3n) is 4.53. The van der Waals surface area contributed by atoms with E-state index in [1.54, 1.807) is 30.5 Å². The number of pyridine rings is 1. The molecule has 146 valence electrons. The number of benzene rings is 2. The van der Waals surface area contributed by atoms with Crippen LogP contribution in [0.4, 0.5) is 4.39 Å². The van der Waals surface area contributed by atoms with Crippen LogP contribution in [0.3, 0.4) is 0 Å². The fourth-order valence-electron chi connectivity index (χ4n) is 3.06. The second-order valence-electron chi connectivity index (χ2n) is 6.43. The molecule has 28 heavy (non-hydrogen) atoms. The average molecular weight is 419 g/mol. The van der Waals surface area contributed by atoms with Gasteiger partial charge >= 0.3 is 0 Å². The highest BCUT2D eigenvalue weighted by Gasteiger charge is 2.23. The van der Waals surface area contributed by atoms with Crippen molar-refractivity contribution in [1.82, 2.24) is 10.3 Å². The van der Waals surface area contributed by atoms with Gasteiger partial charge in [-0.1, -0.05) is 60.5 Å².